The molecule has 1 fully saturated rings. The first kappa shape index (κ1) is 14.6. The summed E-state index contributed by atoms with van der Waals surface area (Å²) in [5, 5.41) is 6.41. The van der Waals surface area contributed by atoms with Crippen molar-refractivity contribution in [3.63, 3.8) is 0 Å². The number of carbonyl (C=O) groups excluding carboxylic acids is 1. The SMILES string of the molecule is Cc1cc(C)n([C@H]2CCN(C(=O)c3scc4c3OCCO4)C2)n1. The van der Waals surface area contributed by atoms with Gasteiger partial charge in [-0.3, -0.25) is 9.48 Å². The molecule has 0 unspecified atom stereocenters. The van der Waals surface area contributed by atoms with Crippen molar-refractivity contribution in [2.45, 2.75) is 26.3 Å². The van der Waals surface area contributed by atoms with E-state index in [4.69, 9.17) is 9.47 Å². The van der Waals surface area contributed by atoms with Crippen molar-refractivity contribution >= 4 is 17.2 Å². The van der Waals surface area contributed by atoms with E-state index < -0.39 is 0 Å². The van der Waals surface area contributed by atoms with E-state index in [-0.39, 0.29) is 11.9 Å². The molecule has 1 amide bonds. The van der Waals surface area contributed by atoms with E-state index in [1.165, 1.54) is 11.3 Å². The van der Waals surface area contributed by atoms with Crippen LogP contribution in [0, 0.1) is 13.8 Å². The normalized spacial score (nSPS) is 20.1. The highest BCUT2D eigenvalue weighted by Crippen LogP contribution is 2.40. The molecule has 0 saturated carbocycles. The van der Waals surface area contributed by atoms with Gasteiger partial charge >= 0.3 is 0 Å². The quantitative estimate of drug-likeness (QED) is 0.847. The maximum absolute atomic E-state index is 12.8. The molecule has 0 N–H and O–H groups in total. The van der Waals surface area contributed by atoms with Crippen molar-refractivity contribution in [3.8, 4) is 11.5 Å². The number of rotatable bonds is 2. The molecule has 0 aromatic carbocycles. The summed E-state index contributed by atoms with van der Waals surface area (Å²) in [6.45, 7) is 6.53. The van der Waals surface area contributed by atoms with E-state index in [9.17, 15) is 4.79 Å². The number of fused-ring (bicyclic) bond motifs is 1. The third kappa shape index (κ3) is 2.49. The minimum Gasteiger partial charge on any atom is -0.485 e. The smallest absolute Gasteiger partial charge is 0.267 e. The summed E-state index contributed by atoms with van der Waals surface area (Å²) in [5.74, 6) is 1.34. The lowest BCUT2D eigenvalue weighted by atomic mass is 10.2. The predicted molar refractivity (Wildman–Crippen MR) is 86.6 cm³/mol. The molecule has 2 aliphatic rings. The van der Waals surface area contributed by atoms with Crippen LogP contribution in [0.3, 0.4) is 0 Å². The number of aromatic nitrogens is 2. The Morgan fingerprint density at radius 1 is 1.35 bits per heavy atom. The number of carbonyl (C=O) groups is 1. The fourth-order valence-electron chi connectivity index (χ4n) is 3.30. The summed E-state index contributed by atoms with van der Waals surface area (Å²) in [6, 6.07) is 2.33. The minimum atomic E-state index is 0.0331. The first-order valence-corrected chi connectivity index (χ1v) is 8.70. The molecule has 122 valence electrons. The average molecular weight is 333 g/mol. The van der Waals surface area contributed by atoms with E-state index in [0.717, 1.165) is 24.4 Å². The van der Waals surface area contributed by atoms with Crippen LogP contribution in [-0.2, 0) is 0 Å². The summed E-state index contributed by atoms with van der Waals surface area (Å²) in [5.41, 5.74) is 2.16. The number of amides is 1. The highest BCUT2D eigenvalue weighted by atomic mass is 32.1. The molecule has 0 radical (unpaired) electrons. The molecule has 6 nitrogen and oxygen atoms in total. The van der Waals surface area contributed by atoms with Crippen LogP contribution in [0.4, 0.5) is 0 Å². The van der Waals surface area contributed by atoms with Crippen LogP contribution in [0.1, 0.15) is 33.5 Å². The standard InChI is InChI=1S/C16H19N3O3S/c1-10-7-11(2)19(17-10)12-3-4-18(8-12)16(20)15-14-13(9-23-15)21-5-6-22-14/h7,9,12H,3-6,8H2,1-2H3/t12-/m0/s1. The van der Waals surface area contributed by atoms with Gasteiger partial charge in [0.1, 0.15) is 18.1 Å². The molecule has 2 aromatic heterocycles. The van der Waals surface area contributed by atoms with Crippen LogP contribution < -0.4 is 9.47 Å². The lowest BCUT2D eigenvalue weighted by Crippen LogP contribution is -2.29. The van der Waals surface area contributed by atoms with Crippen molar-refractivity contribution in [3.05, 3.63) is 27.7 Å². The van der Waals surface area contributed by atoms with Crippen LogP contribution in [0.2, 0.25) is 0 Å². The van der Waals surface area contributed by atoms with Gasteiger partial charge < -0.3 is 14.4 Å². The van der Waals surface area contributed by atoms with Gasteiger partial charge in [-0.05, 0) is 26.3 Å². The van der Waals surface area contributed by atoms with Gasteiger partial charge in [-0.1, -0.05) is 0 Å². The molecular formula is C16H19N3O3S. The second-order valence-electron chi connectivity index (χ2n) is 6.02. The molecule has 1 saturated heterocycles. The second-order valence-corrected chi connectivity index (χ2v) is 6.90. The monoisotopic (exact) mass is 333 g/mol. The van der Waals surface area contributed by atoms with E-state index in [2.05, 4.69) is 18.1 Å². The maximum Gasteiger partial charge on any atom is 0.267 e. The zero-order valence-electron chi connectivity index (χ0n) is 13.2. The van der Waals surface area contributed by atoms with E-state index in [0.29, 0.717) is 36.1 Å². The van der Waals surface area contributed by atoms with Crippen LogP contribution in [0.15, 0.2) is 11.4 Å². The molecular weight excluding hydrogens is 314 g/mol. The van der Waals surface area contributed by atoms with Crippen LogP contribution in [0.25, 0.3) is 0 Å². The van der Waals surface area contributed by atoms with Gasteiger partial charge in [-0.25, -0.2) is 0 Å². The molecule has 0 spiro atoms. The molecule has 4 rings (SSSR count). The second kappa shape index (κ2) is 5.56. The van der Waals surface area contributed by atoms with E-state index in [1.54, 1.807) is 0 Å². The molecule has 2 aromatic rings. The molecule has 7 heteroatoms. The number of thiophene rings is 1. The van der Waals surface area contributed by atoms with Gasteiger partial charge in [0, 0.05) is 24.2 Å². The Bertz CT molecular complexity index is 752. The predicted octanol–water partition coefficient (Wildman–Crippen LogP) is 2.42. The van der Waals surface area contributed by atoms with Crippen molar-refractivity contribution in [1.82, 2.24) is 14.7 Å². The Labute approximate surface area is 138 Å². The van der Waals surface area contributed by atoms with Crippen LogP contribution in [-0.4, -0.2) is 46.9 Å². The number of ether oxygens (including phenoxy) is 2. The first-order chi connectivity index (χ1) is 11.1. The third-order valence-corrected chi connectivity index (χ3v) is 5.26. The largest absolute Gasteiger partial charge is 0.485 e. The number of nitrogens with zero attached hydrogens (tertiary/aromatic N) is 3. The highest BCUT2D eigenvalue weighted by molar-refractivity contribution is 7.12. The topological polar surface area (TPSA) is 56.6 Å². The zero-order valence-corrected chi connectivity index (χ0v) is 14.1. The third-order valence-electron chi connectivity index (χ3n) is 4.34. The fraction of sp³-hybridized carbons (Fsp3) is 0.500. The first-order valence-electron chi connectivity index (χ1n) is 7.82. The van der Waals surface area contributed by atoms with E-state index in [1.807, 2.05) is 21.9 Å². The molecule has 1 atom stereocenters. The van der Waals surface area contributed by atoms with Gasteiger partial charge in [-0.2, -0.15) is 5.10 Å². The minimum absolute atomic E-state index is 0.0331. The van der Waals surface area contributed by atoms with Crippen molar-refractivity contribution in [1.29, 1.82) is 0 Å². The lowest BCUT2D eigenvalue weighted by Gasteiger charge is -2.19. The number of likely N-dealkylation sites (tertiary alicyclic amines) is 1. The Morgan fingerprint density at radius 2 is 2.17 bits per heavy atom. The highest BCUT2D eigenvalue weighted by Gasteiger charge is 2.33. The molecule has 0 aliphatic carbocycles. The van der Waals surface area contributed by atoms with Crippen molar-refractivity contribution in [2.24, 2.45) is 0 Å². The fourth-order valence-corrected chi connectivity index (χ4v) is 4.19. The summed E-state index contributed by atoms with van der Waals surface area (Å²) >= 11 is 1.40. The Hall–Kier alpha value is -2.02. The Kier molecular flexibility index (Phi) is 3.52. The number of hydrogen-bond acceptors (Lipinski definition) is 5. The van der Waals surface area contributed by atoms with Crippen LogP contribution >= 0.6 is 11.3 Å². The molecule has 4 heterocycles. The molecule has 0 bridgehead atoms. The van der Waals surface area contributed by atoms with Crippen molar-refractivity contribution < 1.29 is 14.3 Å². The van der Waals surface area contributed by atoms with Gasteiger partial charge in [0.15, 0.2) is 11.5 Å². The van der Waals surface area contributed by atoms with Gasteiger partial charge in [0.2, 0.25) is 0 Å². The van der Waals surface area contributed by atoms with E-state index >= 15 is 0 Å². The van der Waals surface area contributed by atoms with Crippen LogP contribution in [0.5, 0.6) is 11.5 Å². The van der Waals surface area contributed by atoms with Crippen molar-refractivity contribution in [2.75, 3.05) is 26.3 Å². The summed E-state index contributed by atoms with van der Waals surface area (Å²) in [6.07, 6.45) is 0.929. The van der Waals surface area contributed by atoms with Gasteiger partial charge in [-0.15, -0.1) is 11.3 Å². The van der Waals surface area contributed by atoms with Gasteiger partial charge in [0.25, 0.3) is 5.91 Å². The summed E-state index contributed by atoms with van der Waals surface area (Å²) in [4.78, 5) is 15.4. The average Bonchev–Trinajstić information content (AvgIpc) is 3.24. The number of aryl methyl sites for hydroxylation is 2. The molecule has 2 aliphatic heterocycles. The summed E-state index contributed by atoms with van der Waals surface area (Å²) in [7, 11) is 0. The zero-order chi connectivity index (χ0) is 16.0. The molecule has 23 heavy (non-hydrogen) atoms. The Balaban J connectivity index is 1.52. The Morgan fingerprint density at radius 3 is 2.96 bits per heavy atom. The number of hydrogen-bond donors (Lipinski definition) is 0. The maximum atomic E-state index is 12.8. The van der Waals surface area contributed by atoms with Gasteiger partial charge in [0.05, 0.1) is 11.7 Å². The summed E-state index contributed by atoms with van der Waals surface area (Å²) < 4.78 is 13.2. The lowest BCUT2D eigenvalue weighted by molar-refractivity contribution is 0.0783.